The van der Waals surface area contributed by atoms with E-state index in [9.17, 15) is 4.79 Å². The van der Waals surface area contributed by atoms with Crippen molar-refractivity contribution in [1.29, 1.82) is 0 Å². The summed E-state index contributed by atoms with van der Waals surface area (Å²) in [6.45, 7) is 2.08. The largest absolute Gasteiger partial charge is 0.462 e. The molecule has 3 rings (SSSR count). The molecule has 0 saturated heterocycles. The summed E-state index contributed by atoms with van der Waals surface area (Å²) < 4.78 is 4.97. The first-order valence-corrected chi connectivity index (χ1v) is 9.09. The van der Waals surface area contributed by atoms with Crippen LogP contribution < -0.4 is 16.4 Å². The van der Waals surface area contributed by atoms with E-state index in [-0.39, 0.29) is 5.97 Å². The van der Waals surface area contributed by atoms with Crippen LogP contribution in [0.15, 0.2) is 48.8 Å². The lowest BCUT2D eigenvalue weighted by molar-refractivity contribution is 0.0526. The molecule has 0 aliphatic rings. The molecule has 0 spiro atoms. The molecule has 4 N–H and O–H groups in total. The van der Waals surface area contributed by atoms with Crippen LogP contribution in [0.25, 0.3) is 0 Å². The number of nitrogens with one attached hydrogen (secondary N) is 2. The maximum absolute atomic E-state index is 11.7. The van der Waals surface area contributed by atoms with E-state index in [0.717, 1.165) is 0 Å². The molecule has 144 valence electrons. The Morgan fingerprint density at radius 2 is 1.57 bits per heavy atom. The van der Waals surface area contributed by atoms with Crippen molar-refractivity contribution in [3.8, 4) is 0 Å². The lowest BCUT2D eigenvalue weighted by Crippen LogP contribution is -2.06. The van der Waals surface area contributed by atoms with Crippen LogP contribution in [0.4, 0.5) is 28.7 Å². The van der Waals surface area contributed by atoms with E-state index in [4.69, 9.17) is 33.7 Å². The fourth-order valence-electron chi connectivity index (χ4n) is 2.40. The third-order valence-corrected chi connectivity index (χ3v) is 4.10. The van der Waals surface area contributed by atoms with Gasteiger partial charge in [-0.2, -0.15) is 0 Å². The summed E-state index contributed by atoms with van der Waals surface area (Å²) in [5, 5.41) is 7.15. The highest BCUT2D eigenvalue weighted by Gasteiger charge is 2.11. The molecule has 7 nitrogen and oxygen atoms in total. The van der Waals surface area contributed by atoms with E-state index < -0.39 is 0 Å². The highest BCUT2D eigenvalue weighted by molar-refractivity contribution is 6.35. The molecule has 0 atom stereocenters. The molecule has 0 bridgehead atoms. The zero-order valence-electron chi connectivity index (χ0n) is 14.9. The fraction of sp³-hybridized carbons (Fsp3) is 0.105. The number of esters is 1. The number of rotatable bonds is 6. The Bertz CT molecular complexity index is 976. The summed E-state index contributed by atoms with van der Waals surface area (Å²) in [5.41, 5.74) is 8.31. The maximum atomic E-state index is 11.7. The average molecular weight is 418 g/mol. The van der Waals surface area contributed by atoms with Gasteiger partial charge in [-0.1, -0.05) is 23.2 Å². The zero-order valence-corrected chi connectivity index (χ0v) is 16.4. The highest BCUT2D eigenvalue weighted by atomic mass is 35.5. The van der Waals surface area contributed by atoms with E-state index in [1.54, 1.807) is 49.4 Å². The van der Waals surface area contributed by atoms with Crippen molar-refractivity contribution < 1.29 is 9.53 Å². The molecule has 0 saturated carbocycles. The highest BCUT2D eigenvalue weighted by Crippen LogP contribution is 2.30. The van der Waals surface area contributed by atoms with Crippen molar-refractivity contribution in [2.24, 2.45) is 0 Å². The van der Waals surface area contributed by atoms with Crippen molar-refractivity contribution in [2.75, 3.05) is 23.0 Å². The van der Waals surface area contributed by atoms with Crippen molar-refractivity contribution in [3.05, 3.63) is 64.4 Å². The Labute approximate surface area is 171 Å². The Balaban J connectivity index is 1.78. The number of carbonyl (C=O) groups excluding carboxylic acids is 1. The van der Waals surface area contributed by atoms with Gasteiger partial charge >= 0.3 is 5.97 Å². The lowest BCUT2D eigenvalue weighted by atomic mass is 10.2. The lowest BCUT2D eigenvalue weighted by Gasteiger charge is -2.13. The quantitative estimate of drug-likeness (QED) is 0.483. The second-order valence-electron chi connectivity index (χ2n) is 5.69. The summed E-state index contributed by atoms with van der Waals surface area (Å²) in [6.07, 6.45) is 1.38. The topological polar surface area (TPSA) is 102 Å². The van der Waals surface area contributed by atoms with Crippen molar-refractivity contribution in [3.63, 3.8) is 0 Å². The number of aromatic nitrogens is 2. The second-order valence-corrected chi connectivity index (χ2v) is 6.56. The summed E-state index contributed by atoms with van der Waals surface area (Å²) in [5.74, 6) is 0.441. The normalized spacial score (nSPS) is 10.4. The molecule has 2 aromatic carbocycles. The zero-order chi connectivity index (χ0) is 20.1. The number of ether oxygens (including phenoxy) is 1. The van der Waals surface area contributed by atoms with Crippen LogP contribution in [-0.4, -0.2) is 22.5 Å². The molecule has 9 heteroatoms. The molecule has 1 aromatic heterocycles. The van der Waals surface area contributed by atoms with Gasteiger partial charge in [-0.3, -0.25) is 0 Å². The maximum Gasteiger partial charge on any atom is 0.338 e. The molecule has 3 aromatic rings. The van der Waals surface area contributed by atoms with Crippen LogP contribution in [0.3, 0.4) is 0 Å². The van der Waals surface area contributed by atoms with Crippen LogP contribution in [0.1, 0.15) is 17.3 Å². The van der Waals surface area contributed by atoms with Crippen LogP contribution in [0.5, 0.6) is 0 Å². The van der Waals surface area contributed by atoms with Gasteiger partial charge in [-0.05, 0) is 49.4 Å². The average Bonchev–Trinajstić information content (AvgIpc) is 2.65. The van der Waals surface area contributed by atoms with E-state index in [1.165, 1.54) is 6.33 Å². The number of carbonyl (C=O) groups is 1. The Morgan fingerprint density at radius 3 is 2.14 bits per heavy atom. The van der Waals surface area contributed by atoms with Crippen molar-refractivity contribution >= 4 is 57.9 Å². The van der Waals surface area contributed by atoms with Gasteiger partial charge in [0.1, 0.15) is 12.0 Å². The Hall–Kier alpha value is -3.03. The molecule has 0 fully saturated rings. The Morgan fingerprint density at radius 1 is 1.00 bits per heavy atom. The number of hydrogen-bond donors (Lipinski definition) is 3. The summed E-state index contributed by atoms with van der Waals surface area (Å²) in [4.78, 5) is 20.0. The summed E-state index contributed by atoms with van der Waals surface area (Å²) in [6, 6.07) is 11.8. The van der Waals surface area contributed by atoms with Crippen molar-refractivity contribution in [1.82, 2.24) is 9.97 Å². The number of nitrogens with zero attached hydrogens (tertiary/aromatic N) is 2. The number of benzene rings is 2. The standard InChI is InChI=1S/C19H17Cl2N5O2/c1-2-28-19(27)11-3-5-14(6-4-11)25-17-16(22)18(24-10-23-17)26-15-8-12(20)7-13(21)9-15/h3-10H,2,22H2,1H3,(H2,23,24,25,26). The van der Waals surface area contributed by atoms with E-state index in [1.807, 2.05) is 0 Å². The van der Waals surface area contributed by atoms with Gasteiger partial charge in [0.25, 0.3) is 0 Å². The minimum Gasteiger partial charge on any atom is -0.462 e. The Kier molecular flexibility index (Phi) is 6.18. The number of nitrogens with two attached hydrogens (primary N) is 1. The minimum absolute atomic E-state index is 0.313. The van der Waals surface area contributed by atoms with Gasteiger partial charge in [0.2, 0.25) is 0 Å². The third kappa shape index (κ3) is 4.82. The van der Waals surface area contributed by atoms with Crippen LogP contribution >= 0.6 is 23.2 Å². The fourth-order valence-corrected chi connectivity index (χ4v) is 2.92. The van der Waals surface area contributed by atoms with Gasteiger partial charge in [-0.15, -0.1) is 0 Å². The molecule has 0 aliphatic carbocycles. The van der Waals surface area contributed by atoms with E-state index >= 15 is 0 Å². The first-order valence-electron chi connectivity index (χ1n) is 8.34. The molecule has 0 aliphatic heterocycles. The smallest absolute Gasteiger partial charge is 0.338 e. The van der Waals surface area contributed by atoms with Crippen LogP contribution in [0.2, 0.25) is 10.0 Å². The molecule has 28 heavy (non-hydrogen) atoms. The second kappa shape index (κ2) is 8.77. The molecule has 0 amide bonds. The predicted octanol–water partition coefficient (Wildman–Crippen LogP) is 5.03. The van der Waals surface area contributed by atoms with Gasteiger partial charge in [0, 0.05) is 21.4 Å². The van der Waals surface area contributed by atoms with Gasteiger partial charge < -0.3 is 21.1 Å². The monoisotopic (exact) mass is 417 g/mol. The van der Waals surface area contributed by atoms with E-state index in [2.05, 4.69) is 20.6 Å². The number of halogens is 2. The first-order chi connectivity index (χ1) is 13.5. The van der Waals surface area contributed by atoms with Crippen LogP contribution in [0, 0.1) is 0 Å². The third-order valence-electron chi connectivity index (χ3n) is 3.67. The minimum atomic E-state index is -0.373. The molecular formula is C19H17Cl2N5O2. The van der Waals surface area contributed by atoms with Gasteiger partial charge in [0.15, 0.2) is 11.6 Å². The molecule has 0 unspecified atom stereocenters. The van der Waals surface area contributed by atoms with E-state index in [0.29, 0.717) is 50.9 Å². The number of hydrogen-bond acceptors (Lipinski definition) is 7. The summed E-state index contributed by atoms with van der Waals surface area (Å²) >= 11 is 12.0. The molecule has 1 heterocycles. The van der Waals surface area contributed by atoms with Gasteiger partial charge in [-0.25, -0.2) is 14.8 Å². The molecular weight excluding hydrogens is 401 g/mol. The molecule has 0 radical (unpaired) electrons. The number of anilines is 5. The first kappa shape index (κ1) is 19.7. The van der Waals surface area contributed by atoms with Crippen molar-refractivity contribution in [2.45, 2.75) is 6.92 Å². The summed E-state index contributed by atoms with van der Waals surface area (Å²) in [7, 11) is 0. The SMILES string of the molecule is CCOC(=O)c1ccc(Nc2ncnc(Nc3cc(Cl)cc(Cl)c3)c2N)cc1. The van der Waals surface area contributed by atoms with Gasteiger partial charge in [0.05, 0.1) is 12.2 Å². The van der Waals surface area contributed by atoms with Crippen LogP contribution in [-0.2, 0) is 4.74 Å². The predicted molar refractivity (Wildman–Crippen MR) is 112 cm³/mol. The number of nitrogen functional groups attached to an aromatic ring is 1.